The Morgan fingerprint density at radius 1 is 1.06 bits per heavy atom. The first-order chi connectivity index (χ1) is 14.9. The zero-order chi connectivity index (χ0) is 21.6. The smallest absolute Gasteiger partial charge is 0.277 e. The summed E-state index contributed by atoms with van der Waals surface area (Å²) in [6.45, 7) is 1.07. The van der Waals surface area contributed by atoms with Crippen LogP contribution in [0.5, 0.6) is 0 Å². The average Bonchev–Trinajstić information content (AvgIpc) is 3.47. The molecular formula is C23H23N3O4S. The molecule has 1 unspecified atom stereocenters. The van der Waals surface area contributed by atoms with Gasteiger partial charge in [-0.05, 0) is 74.1 Å². The fourth-order valence-corrected chi connectivity index (χ4v) is 6.21. The van der Waals surface area contributed by atoms with Gasteiger partial charge in [0.25, 0.3) is 11.8 Å². The highest BCUT2D eigenvalue weighted by Gasteiger charge is 2.34. The van der Waals surface area contributed by atoms with Crippen LogP contribution in [0.2, 0.25) is 0 Å². The van der Waals surface area contributed by atoms with Gasteiger partial charge in [-0.3, -0.25) is 9.59 Å². The van der Waals surface area contributed by atoms with Gasteiger partial charge in [-0.2, -0.15) is 4.31 Å². The summed E-state index contributed by atoms with van der Waals surface area (Å²) >= 11 is 0. The Bertz CT molecular complexity index is 1180. The number of nitrogens with zero attached hydrogens (tertiary/aromatic N) is 2. The first-order valence-electron chi connectivity index (χ1n) is 10.6. The van der Waals surface area contributed by atoms with E-state index in [1.807, 2.05) is 6.08 Å². The summed E-state index contributed by atoms with van der Waals surface area (Å²) in [6.07, 6.45) is 10.0. The van der Waals surface area contributed by atoms with Crippen molar-refractivity contribution < 1.29 is 18.0 Å². The van der Waals surface area contributed by atoms with Crippen molar-refractivity contribution in [1.29, 1.82) is 0 Å². The lowest BCUT2D eigenvalue weighted by molar-refractivity contribution is -0.117. The molecule has 0 bridgehead atoms. The molecule has 1 N–H and O–H groups in total. The van der Waals surface area contributed by atoms with Crippen molar-refractivity contribution in [1.82, 2.24) is 9.62 Å². The van der Waals surface area contributed by atoms with E-state index >= 15 is 0 Å². The summed E-state index contributed by atoms with van der Waals surface area (Å²) in [6, 6.07) is 5.91. The minimum Gasteiger partial charge on any atom is -0.325 e. The monoisotopic (exact) mass is 437 g/mol. The summed E-state index contributed by atoms with van der Waals surface area (Å²) in [5, 5.41) is 2.93. The standard InChI is InChI=1S/C23H23N3O4S/c27-22(15-6-9-17(10-7-15)31(29,30)26-12-1-2-13-26)24-16-8-11-19-18-4-3-5-20(18)23(28)25-21(19)14-16/h6-11,14,19H,1-5,12-13H2,(H,25,28). The lowest BCUT2D eigenvalue weighted by atomic mass is 9.85. The van der Waals surface area contributed by atoms with Gasteiger partial charge in [0.1, 0.15) is 0 Å². The number of aliphatic imine (C=N–C) groups is 1. The molecule has 8 heteroatoms. The Labute approximate surface area is 181 Å². The summed E-state index contributed by atoms with van der Waals surface area (Å²) < 4.78 is 26.7. The van der Waals surface area contributed by atoms with Crippen LogP contribution in [0.1, 0.15) is 42.5 Å². The number of carbonyl (C=O) groups excluding carboxylic acids is 2. The summed E-state index contributed by atoms with van der Waals surface area (Å²) in [7, 11) is -3.51. The number of hydrogen-bond acceptors (Lipinski definition) is 4. The third kappa shape index (κ3) is 3.59. The number of benzene rings is 1. The second-order valence-electron chi connectivity index (χ2n) is 8.23. The second-order valence-corrected chi connectivity index (χ2v) is 10.2. The van der Waals surface area contributed by atoms with E-state index in [2.05, 4.69) is 10.3 Å². The van der Waals surface area contributed by atoms with Crippen molar-refractivity contribution in [2.24, 2.45) is 10.9 Å². The van der Waals surface area contributed by atoms with Crippen LogP contribution < -0.4 is 5.32 Å². The molecule has 0 aromatic heterocycles. The maximum Gasteiger partial charge on any atom is 0.277 e. The van der Waals surface area contributed by atoms with Gasteiger partial charge in [-0.1, -0.05) is 6.08 Å². The van der Waals surface area contributed by atoms with Gasteiger partial charge >= 0.3 is 0 Å². The first-order valence-corrected chi connectivity index (χ1v) is 12.0. The van der Waals surface area contributed by atoms with E-state index in [1.165, 1.54) is 34.1 Å². The predicted octanol–water partition coefficient (Wildman–Crippen LogP) is 2.73. The van der Waals surface area contributed by atoms with Gasteiger partial charge in [0, 0.05) is 35.8 Å². The number of carbonyl (C=O) groups is 2. The zero-order valence-corrected chi connectivity index (χ0v) is 17.8. The van der Waals surface area contributed by atoms with Gasteiger partial charge in [0.2, 0.25) is 10.0 Å². The second kappa shape index (κ2) is 7.69. The molecule has 1 aromatic carbocycles. The number of hydrogen-bond donors (Lipinski definition) is 1. The minimum atomic E-state index is -3.51. The highest BCUT2D eigenvalue weighted by molar-refractivity contribution is 7.89. The average molecular weight is 438 g/mol. The van der Waals surface area contributed by atoms with E-state index < -0.39 is 15.9 Å². The van der Waals surface area contributed by atoms with Gasteiger partial charge in [-0.25, -0.2) is 13.4 Å². The van der Waals surface area contributed by atoms with Gasteiger partial charge in [0.05, 0.1) is 10.6 Å². The third-order valence-electron chi connectivity index (χ3n) is 6.30. The molecule has 1 fully saturated rings. The molecule has 2 heterocycles. The normalized spacial score (nSPS) is 24.8. The molecule has 2 aliphatic carbocycles. The molecule has 4 aliphatic rings. The maximum absolute atomic E-state index is 12.6. The molecule has 2 amide bonds. The topological polar surface area (TPSA) is 95.9 Å². The largest absolute Gasteiger partial charge is 0.325 e. The zero-order valence-electron chi connectivity index (χ0n) is 17.0. The molecule has 160 valence electrons. The molecule has 5 rings (SSSR count). The number of amides is 2. The summed E-state index contributed by atoms with van der Waals surface area (Å²) in [5.41, 5.74) is 3.60. The van der Waals surface area contributed by atoms with E-state index in [0.29, 0.717) is 24.4 Å². The lowest BCUT2D eigenvalue weighted by Crippen LogP contribution is -2.35. The Balaban J connectivity index is 1.35. The Morgan fingerprint density at radius 2 is 1.81 bits per heavy atom. The van der Waals surface area contributed by atoms with Gasteiger partial charge in [-0.15, -0.1) is 0 Å². The Hall–Kier alpha value is -2.84. The van der Waals surface area contributed by atoms with E-state index in [-0.39, 0.29) is 16.7 Å². The minimum absolute atomic E-state index is 0.0502. The molecule has 2 aliphatic heterocycles. The van der Waals surface area contributed by atoms with Crippen LogP contribution in [-0.4, -0.2) is 43.3 Å². The molecule has 31 heavy (non-hydrogen) atoms. The van der Waals surface area contributed by atoms with Crippen molar-refractivity contribution in [3.63, 3.8) is 0 Å². The van der Waals surface area contributed by atoms with Crippen molar-refractivity contribution in [3.05, 3.63) is 64.9 Å². The van der Waals surface area contributed by atoms with Crippen molar-refractivity contribution in [2.45, 2.75) is 37.0 Å². The molecule has 1 aromatic rings. The Morgan fingerprint density at radius 3 is 2.55 bits per heavy atom. The lowest BCUT2D eigenvalue weighted by Gasteiger charge is -2.28. The first kappa shape index (κ1) is 20.1. The van der Waals surface area contributed by atoms with Crippen LogP contribution in [-0.2, 0) is 14.8 Å². The molecule has 0 saturated carbocycles. The van der Waals surface area contributed by atoms with E-state index in [4.69, 9.17) is 0 Å². The number of fused-ring (bicyclic) bond motifs is 2. The van der Waals surface area contributed by atoms with Crippen LogP contribution in [0.3, 0.4) is 0 Å². The van der Waals surface area contributed by atoms with Crippen LogP contribution >= 0.6 is 0 Å². The van der Waals surface area contributed by atoms with Crippen LogP contribution in [0.25, 0.3) is 0 Å². The van der Waals surface area contributed by atoms with Crippen molar-refractivity contribution in [2.75, 3.05) is 13.1 Å². The van der Waals surface area contributed by atoms with Crippen LogP contribution in [0.15, 0.2) is 69.2 Å². The number of sulfonamides is 1. The molecule has 0 radical (unpaired) electrons. The highest BCUT2D eigenvalue weighted by Crippen LogP contribution is 2.39. The van der Waals surface area contributed by atoms with Crippen LogP contribution in [0, 0.1) is 5.92 Å². The molecule has 0 spiro atoms. The quantitative estimate of drug-likeness (QED) is 0.786. The number of rotatable bonds is 3. The van der Waals surface area contributed by atoms with Gasteiger partial charge in [0.15, 0.2) is 0 Å². The molecule has 1 saturated heterocycles. The van der Waals surface area contributed by atoms with Crippen LogP contribution in [0.4, 0.5) is 0 Å². The van der Waals surface area contributed by atoms with E-state index in [1.54, 1.807) is 12.2 Å². The number of allylic oxidation sites excluding steroid dienone is 3. The Kier molecular flexibility index (Phi) is 4.98. The molecular weight excluding hydrogens is 414 g/mol. The van der Waals surface area contributed by atoms with E-state index in [9.17, 15) is 18.0 Å². The molecule has 7 nitrogen and oxygen atoms in total. The van der Waals surface area contributed by atoms with Crippen molar-refractivity contribution in [3.8, 4) is 0 Å². The third-order valence-corrected chi connectivity index (χ3v) is 8.21. The fraction of sp³-hybridized carbons (Fsp3) is 0.348. The van der Waals surface area contributed by atoms with E-state index in [0.717, 1.165) is 43.4 Å². The van der Waals surface area contributed by atoms with Crippen molar-refractivity contribution >= 4 is 27.5 Å². The predicted molar refractivity (Wildman–Crippen MR) is 116 cm³/mol. The maximum atomic E-state index is 12.6. The fourth-order valence-electron chi connectivity index (χ4n) is 4.69. The van der Waals surface area contributed by atoms with Gasteiger partial charge < -0.3 is 5.32 Å². The summed E-state index contributed by atoms with van der Waals surface area (Å²) in [4.78, 5) is 29.3. The number of nitrogens with one attached hydrogen (secondary N) is 1. The SMILES string of the molecule is O=C1NC2=CC(=NC(=O)c3ccc(S(=O)(=O)N4CCCC4)cc3)C=CC2C2=C1CCC2. The molecule has 1 atom stereocenters. The highest BCUT2D eigenvalue weighted by atomic mass is 32.2. The summed E-state index contributed by atoms with van der Waals surface area (Å²) in [5.74, 6) is -0.451.